The minimum atomic E-state index is -4.67. The van der Waals surface area contributed by atoms with Gasteiger partial charge in [0.2, 0.25) is 0 Å². The molecule has 0 saturated carbocycles. The maximum atomic E-state index is 8.74. The first-order valence-corrected chi connectivity index (χ1v) is 2.10. The van der Waals surface area contributed by atoms with Gasteiger partial charge in [0.15, 0.2) is 0 Å². The van der Waals surface area contributed by atoms with Crippen molar-refractivity contribution in [1.29, 1.82) is 0 Å². The first-order valence-electron chi connectivity index (χ1n) is 0.698. The van der Waals surface area contributed by atoms with Crippen LogP contribution in [-0.4, -0.2) is 55.9 Å². The Balaban J connectivity index is -0.00000000222. The van der Waals surface area contributed by atoms with Gasteiger partial charge in [-0.15, -0.1) is 0 Å². The van der Waals surface area contributed by atoms with Gasteiger partial charge < -0.3 is 38.3 Å². The van der Waals surface area contributed by atoms with Crippen LogP contribution < -0.4 is 0 Å². The molecular formula is H16Fe2O11S. The number of hydrogen-bond donors (Lipinski definition) is 2. The van der Waals surface area contributed by atoms with Crippen LogP contribution >= 0.6 is 0 Å². The Hall–Kier alpha value is 0.629. The molecule has 0 unspecified atom stereocenters. The van der Waals surface area contributed by atoms with E-state index in [2.05, 4.69) is 0 Å². The van der Waals surface area contributed by atoms with Crippen molar-refractivity contribution in [2.24, 2.45) is 0 Å². The van der Waals surface area contributed by atoms with Crippen LogP contribution in [0.25, 0.3) is 0 Å². The normalized spacial score (nSPS) is 4.14. The maximum Gasteiger partial charge on any atom is 0.394 e. The molecule has 11 nitrogen and oxygen atoms in total. The molecule has 16 N–H and O–H groups in total. The zero-order valence-corrected chi connectivity index (χ0v) is 9.35. The molecule has 0 atom stereocenters. The van der Waals surface area contributed by atoms with Gasteiger partial charge in [-0.2, -0.15) is 8.42 Å². The van der Waals surface area contributed by atoms with Gasteiger partial charge in [0.25, 0.3) is 0 Å². The van der Waals surface area contributed by atoms with E-state index in [9.17, 15) is 0 Å². The Morgan fingerprint density at radius 1 is 0.571 bits per heavy atom. The van der Waals surface area contributed by atoms with Crippen molar-refractivity contribution in [3.05, 3.63) is 0 Å². The average Bonchev–Trinajstić information content (AvgIpc) is 0.722. The molecule has 0 heterocycles. The zero-order chi connectivity index (χ0) is 4.50. The fraction of sp³-hybridized carbons (Fsp3) is 0. The van der Waals surface area contributed by atoms with E-state index in [-0.39, 0.29) is 72.5 Å². The standard InChI is InChI=1S/2Fe.H2O4S.7H2O/c;;1-5(2,3)4;;;;;;;/h;;(H2,1,2,3,4);7*1H2. The van der Waals surface area contributed by atoms with Gasteiger partial charge in [0, 0.05) is 34.1 Å². The number of hydrogen-bond acceptors (Lipinski definition) is 2. The molecule has 0 aromatic carbocycles. The maximum absolute atomic E-state index is 8.74. The minimum absolute atomic E-state index is 0. The first kappa shape index (κ1) is 127. The summed E-state index contributed by atoms with van der Waals surface area (Å²) in [6.45, 7) is 0. The van der Waals surface area contributed by atoms with E-state index < -0.39 is 10.4 Å². The van der Waals surface area contributed by atoms with Gasteiger partial charge in [-0.3, -0.25) is 9.11 Å². The number of rotatable bonds is 0. The monoisotopic (exact) mass is 336 g/mol. The van der Waals surface area contributed by atoms with E-state index in [1.807, 2.05) is 0 Å². The van der Waals surface area contributed by atoms with E-state index in [1.165, 1.54) is 0 Å². The molecule has 0 fully saturated rings. The molecule has 0 aromatic heterocycles. The van der Waals surface area contributed by atoms with Crippen LogP contribution in [0, 0.1) is 0 Å². The smallest absolute Gasteiger partial charge is 0.394 e. The van der Waals surface area contributed by atoms with Crippen molar-refractivity contribution >= 4 is 10.4 Å². The second-order valence-electron chi connectivity index (χ2n) is 0.448. The van der Waals surface area contributed by atoms with Crippen LogP contribution in [0.2, 0.25) is 0 Å². The fourth-order valence-corrected chi connectivity index (χ4v) is 0. The van der Waals surface area contributed by atoms with Crippen molar-refractivity contribution < 1.29 is 90.0 Å². The van der Waals surface area contributed by atoms with E-state index in [4.69, 9.17) is 17.5 Å². The molecule has 104 valence electrons. The van der Waals surface area contributed by atoms with Crippen molar-refractivity contribution in [1.82, 2.24) is 0 Å². The van der Waals surface area contributed by atoms with E-state index in [0.29, 0.717) is 0 Å². The molecule has 14 heavy (non-hydrogen) atoms. The molecule has 0 amide bonds. The first-order chi connectivity index (χ1) is 2.00. The minimum Gasteiger partial charge on any atom is -0.412 e. The second kappa shape index (κ2) is 49.5. The topological polar surface area (TPSA) is 295 Å². The van der Waals surface area contributed by atoms with Crippen LogP contribution in [-0.2, 0) is 44.5 Å². The largest absolute Gasteiger partial charge is 0.412 e. The van der Waals surface area contributed by atoms with Crippen molar-refractivity contribution in [2.45, 2.75) is 0 Å². The van der Waals surface area contributed by atoms with Gasteiger partial charge in [-0.25, -0.2) is 0 Å². The van der Waals surface area contributed by atoms with Crippen LogP contribution in [0.15, 0.2) is 0 Å². The Morgan fingerprint density at radius 2 is 0.571 bits per heavy atom. The van der Waals surface area contributed by atoms with Crippen molar-refractivity contribution in [3.8, 4) is 0 Å². The fourth-order valence-electron chi connectivity index (χ4n) is 0. The average molecular weight is 336 g/mol. The predicted molar refractivity (Wildman–Crippen MR) is 39.5 cm³/mol. The summed E-state index contributed by atoms with van der Waals surface area (Å²) in [7, 11) is -4.67. The van der Waals surface area contributed by atoms with Crippen LogP contribution in [0.3, 0.4) is 0 Å². The molecule has 0 spiro atoms. The summed E-state index contributed by atoms with van der Waals surface area (Å²) in [6.07, 6.45) is 0. The molecule has 0 aromatic rings. The molecule has 0 rings (SSSR count). The van der Waals surface area contributed by atoms with E-state index >= 15 is 0 Å². The molecule has 0 radical (unpaired) electrons. The summed E-state index contributed by atoms with van der Waals surface area (Å²) in [5.41, 5.74) is 0. The summed E-state index contributed by atoms with van der Waals surface area (Å²) in [5.74, 6) is 0. The third kappa shape index (κ3) is 4320. The van der Waals surface area contributed by atoms with Crippen molar-refractivity contribution in [3.63, 3.8) is 0 Å². The Bertz CT molecular complexity index is 96.5. The Morgan fingerprint density at radius 3 is 0.571 bits per heavy atom. The summed E-state index contributed by atoms with van der Waals surface area (Å²) >= 11 is 0. The summed E-state index contributed by atoms with van der Waals surface area (Å²) < 4.78 is 31.6. The summed E-state index contributed by atoms with van der Waals surface area (Å²) in [6, 6.07) is 0. The molecular weight excluding hydrogens is 320 g/mol. The molecule has 14 heteroatoms. The molecule has 0 aliphatic heterocycles. The second-order valence-corrected chi connectivity index (χ2v) is 1.34. The molecule has 0 bridgehead atoms. The Kier molecular flexibility index (Phi) is 448. The third-order valence-corrected chi connectivity index (χ3v) is 0. The molecule has 0 saturated heterocycles. The van der Waals surface area contributed by atoms with E-state index in [0.717, 1.165) is 0 Å². The summed E-state index contributed by atoms with van der Waals surface area (Å²) in [5, 5.41) is 0. The summed E-state index contributed by atoms with van der Waals surface area (Å²) in [4.78, 5) is 0. The van der Waals surface area contributed by atoms with Gasteiger partial charge in [0.1, 0.15) is 0 Å². The Labute approximate surface area is 101 Å². The van der Waals surface area contributed by atoms with Crippen molar-refractivity contribution in [2.75, 3.05) is 0 Å². The predicted octanol–water partition coefficient (Wildman–Crippen LogP) is -6.43. The van der Waals surface area contributed by atoms with Gasteiger partial charge >= 0.3 is 10.4 Å². The van der Waals surface area contributed by atoms with Crippen LogP contribution in [0.1, 0.15) is 0 Å². The zero-order valence-electron chi connectivity index (χ0n) is 6.33. The quantitative estimate of drug-likeness (QED) is 0.322. The van der Waals surface area contributed by atoms with Crippen LogP contribution in [0.4, 0.5) is 0 Å². The van der Waals surface area contributed by atoms with Gasteiger partial charge in [-0.05, 0) is 0 Å². The SMILES string of the molecule is O.O.O.O.O.O.O.O=S(=O)(O)O.[Fe].[Fe]. The van der Waals surface area contributed by atoms with Gasteiger partial charge in [-0.1, -0.05) is 0 Å². The van der Waals surface area contributed by atoms with E-state index in [1.54, 1.807) is 0 Å². The molecule has 0 aliphatic rings. The molecule has 0 aliphatic carbocycles. The van der Waals surface area contributed by atoms with Crippen LogP contribution in [0.5, 0.6) is 0 Å². The van der Waals surface area contributed by atoms with Gasteiger partial charge in [0.05, 0.1) is 0 Å². The third-order valence-electron chi connectivity index (χ3n) is 0.